The van der Waals surface area contributed by atoms with Crippen LogP contribution in [0.5, 0.6) is 0 Å². The lowest BCUT2D eigenvalue weighted by Gasteiger charge is -1.80. The van der Waals surface area contributed by atoms with Crippen LogP contribution in [-0.2, 0) is 6.54 Å². The molecule has 1 rings (SSSR count). The summed E-state index contributed by atoms with van der Waals surface area (Å²) >= 11 is 5.08. The number of aromatic nitrogens is 1. The first-order chi connectivity index (χ1) is 3.93. The molecule has 0 spiro atoms. The van der Waals surface area contributed by atoms with Gasteiger partial charge in [0.1, 0.15) is 0 Å². The quantitative estimate of drug-likeness (QED) is 0.453. The third-order valence-electron chi connectivity index (χ3n) is 0.870. The highest BCUT2D eigenvalue weighted by molar-refractivity contribution is 9.09. The lowest BCUT2D eigenvalue weighted by molar-refractivity contribution is -0.687. The van der Waals surface area contributed by atoms with Crippen LogP contribution in [0.15, 0.2) is 17.1 Å². The second-order valence-corrected chi connectivity index (χ2v) is 3.00. The average molecular weight is 273 g/mol. The molecule has 9 heavy (non-hydrogen) atoms. The van der Waals surface area contributed by atoms with Crippen LogP contribution in [0.4, 0.5) is 0 Å². The van der Waals surface area contributed by atoms with Gasteiger partial charge in [0.05, 0.1) is 10.7 Å². The van der Waals surface area contributed by atoms with Crippen molar-refractivity contribution in [1.29, 1.82) is 0 Å². The molecule has 52 valence electrons. The summed E-state index contributed by atoms with van der Waals surface area (Å²) in [4.78, 5) is 0. The maximum Gasteiger partial charge on any atom is 0.224 e. The summed E-state index contributed by atoms with van der Waals surface area (Å²) in [5, 5.41) is 3.11. The fraction of sp³-hybridized carbons (Fsp3) is 0.400. The molecule has 0 radical (unpaired) electrons. The zero-order chi connectivity index (χ0) is 5.82. The topological polar surface area (TPSA) is 3.88 Å². The van der Waals surface area contributed by atoms with Crippen molar-refractivity contribution in [3.05, 3.63) is 17.1 Å². The maximum absolute atomic E-state index is 3.35. The number of rotatable bonds is 2. The van der Waals surface area contributed by atoms with Gasteiger partial charge in [-0.1, -0.05) is 27.3 Å². The molecule has 0 aliphatic heterocycles. The van der Waals surface area contributed by atoms with Crippen molar-refractivity contribution >= 4 is 27.3 Å². The third kappa shape index (κ3) is 3.33. The van der Waals surface area contributed by atoms with Gasteiger partial charge in [0.2, 0.25) is 5.51 Å². The minimum Gasteiger partial charge on any atom is -1.00 e. The van der Waals surface area contributed by atoms with E-state index in [1.807, 2.05) is 0 Å². The van der Waals surface area contributed by atoms with Gasteiger partial charge in [-0.2, -0.15) is 4.57 Å². The fourth-order valence-corrected chi connectivity index (χ4v) is 1.52. The van der Waals surface area contributed by atoms with Gasteiger partial charge in [0, 0.05) is 0 Å². The molecule has 0 saturated heterocycles. The van der Waals surface area contributed by atoms with E-state index in [4.69, 9.17) is 0 Å². The Morgan fingerprint density at radius 2 is 2.33 bits per heavy atom. The number of hydrogen-bond acceptors (Lipinski definition) is 1. The highest BCUT2D eigenvalue weighted by Gasteiger charge is 1.94. The van der Waals surface area contributed by atoms with Crippen LogP contribution in [0.25, 0.3) is 0 Å². The average Bonchev–Trinajstić information content (AvgIpc) is 2.19. The number of aryl methyl sites for hydroxylation is 1. The van der Waals surface area contributed by atoms with Gasteiger partial charge in [0.25, 0.3) is 0 Å². The fourth-order valence-electron chi connectivity index (χ4n) is 0.487. The Labute approximate surface area is 77.6 Å². The summed E-state index contributed by atoms with van der Waals surface area (Å²) in [5.74, 6) is 0. The molecule has 0 aromatic carbocycles. The maximum atomic E-state index is 3.35. The first-order valence-corrected chi connectivity index (χ1v) is 4.47. The van der Waals surface area contributed by atoms with E-state index in [0.29, 0.717) is 0 Å². The molecule has 0 atom stereocenters. The van der Waals surface area contributed by atoms with E-state index in [9.17, 15) is 0 Å². The zero-order valence-electron chi connectivity index (χ0n) is 4.76. The van der Waals surface area contributed by atoms with Gasteiger partial charge in [-0.05, 0) is 0 Å². The van der Waals surface area contributed by atoms with Crippen molar-refractivity contribution in [2.75, 3.05) is 5.33 Å². The molecular weight excluding hydrogens is 266 g/mol. The van der Waals surface area contributed by atoms with Crippen molar-refractivity contribution < 1.29 is 21.5 Å². The smallest absolute Gasteiger partial charge is 0.224 e. The van der Waals surface area contributed by atoms with Crippen molar-refractivity contribution in [2.24, 2.45) is 0 Å². The minimum absolute atomic E-state index is 0. The molecule has 0 bridgehead atoms. The first-order valence-electron chi connectivity index (χ1n) is 2.40. The van der Waals surface area contributed by atoms with Crippen LogP contribution in [0.1, 0.15) is 0 Å². The van der Waals surface area contributed by atoms with E-state index in [1.165, 1.54) is 0 Å². The number of halogens is 2. The molecule has 0 N–H and O–H groups in total. The molecule has 0 saturated carbocycles. The van der Waals surface area contributed by atoms with Gasteiger partial charge in [-0.3, -0.25) is 0 Å². The van der Waals surface area contributed by atoms with Crippen LogP contribution in [0.2, 0.25) is 0 Å². The highest BCUT2D eigenvalue weighted by Crippen LogP contribution is 1.88. The molecule has 0 aliphatic rings. The van der Waals surface area contributed by atoms with E-state index in [-0.39, 0.29) is 17.0 Å². The normalized spacial score (nSPS) is 8.56. The van der Waals surface area contributed by atoms with E-state index in [2.05, 4.69) is 37.6 Å². The Hall–Kier alpha value is 0.590. The summed E-state index contributed by atoms with van der Waals surface area (Å²) in [6.07, 6.45) is 2.08. The molecule has 0 amide bonds. The minimum atomic E-state index is 0. The zero-order valence-corrected chi connectivity index (χ0v) is 8.75. The predicted molar refractivity (Wildman–Crippen MR) is 38.3 cm³/mol. The van der Waals surface area contributed by atoms with E-state index in [1.54, 1.807) is 11.3 Å². The van der Waals surface area contributed by atoms with Crippen molar-refractivity contribution in [1.82, 2.24) is 0 Å². The van der Waals surface area contributed by atoms with Crippen molar-refractivity contribution in [2.45, 2.75) is 6.54 Å². The molecule has 1 aromatic heterocycles. The van der Waals surface area contributed by atoms with Gasteiger partial charge >= 0.3 is 0 Å². The number of alkyl halides is 1. The highest BCUT2D eigenvalue weighted by atomic mass is 79.9. The van der Waals surface area contributed by atoms with Crippen LogP contribution in [-0.4, -0.2) is 5.33 Å². The summed E-state index contributed by atoms with van der Waals surface area (Å²) in [6, 6.07) is 0. The summed E-state index contributed by atoms with van der Waals surface area (Å²) in [7, 11) is 0. The molecular formula is C5H7Br2NS. The Kier molecular flexibility index (Phi) is 5.73. The van der Waals surface area contributed by atoms with Gasteiger partial charge in [0.15, 0.2) is 12.7 Å². The molecule has 1 aromatic rings. The molecule has 4 heteroatoms. The summed E-state index contributed by atoms with van der Waals surface area (Å²) < 4.78 is 2.15. The first kappa shape index (κ1) is 9.59. The standard InChI is InChI=1S/C5H7BrNS.BrH/c6-1-2-7-3-4-8-5-7;/h3-5H,1-2H2;1H/q+1;/p-1. The van der Waals surface area contributed by atoms with Crippen LogP contribution < -0.4 is 21.5 Å². The lowest BCUT2D eigenvalue weighted by atomic mass is 10.7. The van der Waals surface area contributed by atoms with Gasteiger partial charge < -0.3 is 17.0 Å². The van der Waals surface area contributed by atoms with Crippen LogP contribution in [0, 0.1) is 0 Å². The number of nitrogens with zero attached hydrogens (tertiary/aromatic N) is 1. The van der Waals surface area contributed by atoms with E-state index < -0.39 is 0 Å². The molecule has 0 aliphatic carbocycles. The van der Waals surface area contributed by atoms with E-state index in [0.717, 1.165) is 11.9 Å². The second kappa shape index (κ2) is 5.38. The Morgan fingerprint density at radius 3 is 2.78 bits per heavy atom. The van der Waals surface area contributed by atoms with Gasteiger partial charge in [-0.25, -0.2) is 0 Å². The molecule has 0 fully saturated rings. The molecule has 1 heterocycles. The monoisotopic (exact) mass is 271 g/mol. The second-order valence-electron chi connectivity index (χ2n) is 1.45. The molecule has 1 nitrogen and oxygen atoms in total. The van der Waals surface area contributed by atoms with E-state index >= 15 is 0 Å². The predicted octanol–water partition coefficient (Wildman–Crippen LogP) is -1.57. The van der Waals surface area contributed by atoms with Crippen LogP contribution in [0.3, 0.4) is 0 Å². The third-order valence-corrected chi connectivity index (χ3v) is 1.90. The molecule has 0 unspecified atom stereocenters. The Bertz CT molecular complexity index is 141. The Balaban J connectivity index is 0.000000640. The largest absolute Gasteiger partial charge is 1.00 e. The SMILES string of the molecule is BrCC[n+]1ccsc1.[Br-]. The van der Waals surface area contributed by atoms with Crippen molar-refractivity contribution in [3.63, 3.8) is 0 Å². The Morgan fingerprint density at radius 1 is 1.56 bits per heavy atom. The number of hydrogen-bond donors (Lipinski definition) is 0. The lowest BCUT2D eigenvalue weighted by Crippen LogP contribution is -3.00. The summed E-state index contributed by atoms with van der Waals surface area (Å²) in [5.41, 5.74) is 2.10. The van der Waals surface area contributed by atoms with Crippen LogP contribution >= 0.6 is 27.3 Å². The van der Waals surface area contributed by atoms with Gasteiger partial charge in [-0.15, -0.1) is 0 Å². The summed E-state index contributed by atoms with van der Waals surface area (Å²) in [6.45, 7) is 1.07. The van der Waals surface area contributed by atoms with Crippen molar-refractivity contribution in [3.8, 4) is 0 Å². The number of thiazole rings is 1.